The fraction of sp³-hybridized carbons (Fsp3) is 0.375. The van der Waals surface area contributed by atoms with Crippen LogP contribution in [-0.4, -0.2) is 29.8 Å². The summed E-state index contributed by atoms with van der Waals surface area (Å²) in [6, 6.07) is 7.17. The second-order valence-corrected chi connectivity index (χ2v) is 6.58. The number of amides is 2. The van der Waals surface area contributed by atoms with Crippen molar-refractivity contribution >= 4 is 33.8 Å². The van der Waals surface area contributed by atoms with Crippen LogP contribution in [0.5, 0.6) is 0 Å². The first-order chi connectivity index (χ1) is 9.88. The van der Waals surface area contributed by atoms with Crippen molar-refractivity contribution < 1.29 is 9.59 Å². The summed E-state index contributed by atoms with van der Waals surface area (Å²) in [6.45, 7) is 4.08. The number of benzene rings is 1. The van der Waals surface area contributed by atoms with Crippen molar-refractivity contribution in [3.05, 3.63) is 40.0 Å². The van der Waals surface area contributed by atoms with Crippen LogP contribution in [0, 0.1) is 5.92 Å². The number of carbonyl (C=O) groups excluding carboxylic acids is 2. The molecule has 1 aliphatic heterocycles. The van der Waals surface area contributed by atoms with E-state index >= 15 is 0 Å². The molecule has 0 unspecified atom stereocenters. The summed E-state index contributed by atoms with van der Waals surface area (Å²) in [5, 5.41) is 2.73. The van der Waals surface area contributed by atoms with Gasteiger partial charge >= 0.3 is 0 Å². The Bertz CT molecular complexity index is 578. The maximum absolute atomic E-state index is 12.4. The molecule has 1 fully saturated rings. The number of hydrogen-bond donors (Lipinski definition) is 1. The molecule has 0 aromatic heterocycles. The third-order valence-corrected chi connectivity index (χ3v) is 3.98. The van der Waals surface area contributed by atoms with Crippen LogP contribution >= 0.6 is 15.9 Å². The summed E-state index contributed by atoms with van der Waals surface area (Å²) in [6.07, 6.45) is 2.37. The fourth-order valence-corrected chi connectivity index (χ4v) is 2.58. The molecule has 5 heteroatoms. The minimum atomic E-state index is -0.389. The van der Waals surface area contributed by atoms with Crippen LogP contribution in [0.2, 0.25) is 0 Å². The van der Waals surface area contributed by atoms with Gasteiger partial charge < -0.3 is 10.2 Å². The largest absolute Gasteiger partial charge is 0.328 e. The minimum absolute atomic E-state index is 0.117. The van der Waals surface area contributed by atoms with Crippen LogP contribution in [-0.2, 0) is 9.59 Å². The van der Waals surface area contributed by atoms with Crippen LogP contribution in [0.15, 0.2) is 34.4 Å². The zero-order valence-corrected chi connectivity index (χ0v) is 14.0. The normalized spacial score (nSPS) is 21.1. The van der Waals surface area contributed by atoms with Crippen LogP contribution in [0.4, 0.5) is 0 Å². The third kappa shape index (κ3) is 3.73. The standard InChI is InChI=1S/C16H19BrN2O2/c1-10(2)8-14-15(20)18-13(16(21)19(14)3)9-11-4-6-12(17)7-5-11/h4-7,9-10,14H,8H2,1-3H3,(H,18,20)/b13-9-/t14-/m0/s1. The quantitative estimate of drug-likeness (QED) is 0.852. The first kappa shape index (κ1) is 15.8. The van der Waals surface area contributed by atoms with Crippen molar-refractivity contribution in [1.82, 2.24) is 10.2 Å². The maximum Gasteiger partial charge on any atom is 0.270 e. The van der Waals surface area contributed by atoms with Crippen LogP contribution in [0.25, 0.3) is 6.08 Å². The second-order valence-electron chi connectivity index (χ2n) is 5.66. The monoisotopic (exact) mass is 350 g/mol. The lowest BCUT2D eigenvalue weighted by Gasteiger charge is -2.34. The topological polar surface area (TPSA) is 49.4 Å². The van der Waals surface area contributed by atoms with Gasteiger partial charge in [-0.05, 0) is 36.1 Å². The molecule has 0 radical (unpaired) electrons. The van der Waals surface area contributed by atoms with Gasteiger partial charge in [0.25, 0.3) is 5.91 Å². The molecule has 112 valence electrons. The zero-order valence-electron chi connectivity index (χ0n) is 12.4. The number of likely N-dealkylation sites (N-methyl/N-ethyl adjacent to an activating group) is 1. The summed E-state index contributed by atoms with van der Waals surface area (Å²) < 4.78 is 0.970. The van der Waals surface area contributed by atoms with Crippen LogP contribution in [0.3, 0.4) is 0 Å². The van der Waals surface area contributed by atoms with Crippen molar-refractivity contribution in [2.45, 2.75) is 26.3 Å². The third-order valence-electron chi connectivity index (χ3n) is 3.45. The molecule has 4 nitrogen and oxygen atoms in total. The summed E-state index contributed by atoms with van der Waals surface area (Å²) in [4.78, 5) is 26.1. The molecule has 0 aliphatic carbocycles. The minimum Gasteiger partial charge on any atom is -0.328 e. The Kier molecular flexibility index (Phi) is 4.83. The number of nitrogens with one attached hydrogen (secondary N) is 1. The maximum atomic E-state index is 12.4. The Morgan fingerprint density at radius 2 is 1.90 bits per heavy atom. The van der Waals surface area contributed by atoms with Gasteiger partial charge in [0.05, 0.1) is 0 Å². The average molecular weight is 351 g/mol. The first-order valence-electron chi connectivity index (χ1n) is 6.93. The molecule has 0 spiro atoms. The van der Waals surface area contributed by atoms with E-state index in [1.54, 1.807) is 13.1 Å². The smallest absolute Gasteiger partial charge is 0.270 e. The molecule has 1 aromatic carbocycles. The van der Waals surface area contributed by atoms with Gasteiger partial charge in [-0.3, -0.25) is 9.59 Å². The van der Waals surface area contributed by atoms with E-state index in [9.17, 15) is 9.59 Å². The van der Waals surface area contributed by atoms with E-state index in [0.29, 0.717) is 18.0 Å². The van der Waals surface area contributed by atoms with Crippen LogP contribution < -0.4 is 5.32 Å². The first-order valence-corrected chi connectivity index (χ1v) is 7.73. The van der Waals surface area contributed by atoms with E-state index in [-0.39, 0.29) is 17.9 Å². The fourth-order valence-electron chi connectivity index (χ4n) is 2.31. The lowest BCUT2D eigenvalue weighted by atomic mass is 9.99. The van der Waals surface area contributed by atoms with Crippen molar-refractivity contribution in [1.29, 1.82) is 0 Å². The predicted molar refractivity (Wildman–Crippen MR) is 86.3 cm³/mol. The highest BCUT2D eigenvalue weighted by Crippen LogP contribution is 2.19. The highest BCUT2D eigenvalue weighted by molar-refractivity contribution is 9.10. The van der Waals surface area contributed by atoms with E-state index in [1.165, 1.54) is 4.90 Å². The molecular formula is C16H19BrN2O2. The van der Waals surface area contributed by atoms with Crippen LogP contribution in [0.1, 0.15) is 25.8 Å². The van der Waals surface area contributed by atoms with Crippen molar-refractivity contribution in [2.75, 3.05) is 7.05 Å². The van der Waals surface area contributed by atoms with E-state index in [2.05, 4.69) is 21.2 Å². The Labute approximate surface area is 133 Å². The number of hydrogen-bond acceptors (Lipinski definition) is 2. The molecule has 2 amide bonds. The van der Waals surface area contributed by atoms with Gasteiger partial charge in [0.1, 0.15) is 11.7 Å². The number of halogens is 1. The highest BCUT2D eigenvalue weighted by Gasteiger charge is 2.35. The molecule has 1 aliphatic rings. The summed E-state index contributed by atoms with van der Waals surface area (Å²) in [5.41, 5.74) is 1.20. The predicted octanol–water partition coefficient (Wildman–Crippen LogP) is 2.79. The average Bonchev–Trinajstić information content (AvgIpc) is 2.43. The Hall–Kier alpha value is -1.62. The van der Waals surface area contributed by atoms with E-state index in [1.807, 2.05) is 38.1 Å². The van der Waals surface area contributed by atoms with Crippen molar-refractivity contribution in [2.24, 2.45) is 5.92 Å². The zero-order chi connectivity index (χ0) is 15.6. The van der Waals surface area contributed by atoms with Gasteiger partial charge in [-0.25, -0.2) is 0 Å². The molecule has 1 aromatic rings. The molecular weight excluding hydrogens is 332 g/mol. The van der Waals surface area contributed by atoms with E-state index in [0.717, 1.165) is 10.0 Å². The Morgan fingerprint density at radius 1 is 1.29 bits per heavy atom. The molecule has 0 saturated carbocycles. The molecule has 1 heterocycles. The van der Waals surface area contributed by atoms with Gasteiger partial charge in [0.2, 0.25) is 5.91 Å². The Balaban J connectivity index is 2.22. The summed E-state index contributed by atoms with van der Waals surface area (Å²) >= 11 is 3.37. The summed E-state index contributed by atoms with van der Waals surface area (Å²) in [5.74, 6) is 0.0883. The van der Waals surface area contributed by atoms with E-state index in [4.69, 9.17) is 0 Å². The molecule has 1 saturated heterocycles. The van der Waals surface area contributed by atoms with Gasteiger partial charge in [-0.15, -0.1) is 0 Å². The highest BCUT2D eigenvalue weighted by atomic mass is 79.9. The molecule has 0 bridgehead atoms. The van der Waals surface area contributed by atoms with Crippen molar-refractivity contribution in [3.63, 3.8) is 0 Å². The molecule has 2 rings (SSSR count). The van der Waals surface area contributed by atoms with Gasteiger partial charge in [-0.2, -0.15) is 0 Å². The number of nitrogens with zero attached hydrogens (tertiary/aromatic N) is 1. The SMILES string of the molecule is CC(C)C[C@H]1C(=O)N/C(=C\c2ccc(Br)cc2)C(=O)N1C. The summed E-state index contributed by atoms with van der Waals surface area (Å²) in [7, 11) is 1.68. The molecule has 1 atom stereocenters. The van der Waals surface area contributed by atoms with Crippen molar-refractivity contribution in [3.8, 4) is 0 Å². The lowest BCUT2D eigenvalue weighted by molar-refractivity contribution is -0.141. The number of piperazine rings is 1. The van der Waals surface area contributed by atoms with Gasteiger partial charge in [-0.1, -0.05) is 41.9 Å². The van der Waals surface area contributed by atoms with Gasteiger partial charge in [0.15, 0.2) is 0 Å². The number of rotatable bonds is 3. The number of carbonyl (C=O) groups is 2. The Morgan fingerprint density at radius 3 is 2.48 bits per heavy atom. The van der Waals surface area contributed by atoms with Gasteiger partial charge in [0, 0.05) is 11.5 Å². The van der Waals surface area contributed by atoms with E-state index < -0.39 is 0 Å². The lowest BCUT2D eigenvalue weighted by Crippen LogP contribution is -2.55. The second kappa shape index (κ2) is 6.43. The molecule has 1 N–H and O–H groups in total. The molecule has 21 heavy (non-hydrogen) atoms.